The molecule has 8 aromatic carbocycles. The Hall–Kier alpha value is -7.11. The highest BCUT2D eigenvalue weighted by Crippen LogP contribution is 2.45. The van der Waals surface area contributed by atoms with Crippen molar-refractivity contribution in [1.29, 1.82) is 0 Å². The van der Waals surface area contributed by atoms with Gasteiger partial charge in [0.05, 0.1) is 22.1 Å². The number of nitrogens with zero attached hydrogens (tertiary/aromatic N) is 5. The Balaban J connectivity index is 1.33. The summed E-state index contributed by atoms with van der Waals surface area (Å²) in [6, 6.07) is 62.0. The first kappa shape index (κ1) is 28.7. The molecule has 0 radical (unpaired) electrons. The molecule has 0 atom stereocenters. The van der Waals surface area contributed by atoms with Crippen LogP contribution < -0.4 is 0 Å². The molecule has 11 aromatic rings. The molecular formula is C47H29N5. The molecule has 0 spiro atoms. The molecule has 0 unspecified atom stereocenters. The number of rotatable bonds is 4. The maximum Gasteiger partial charge on any atom is 0.238 e. The average molecular weight is 664 g/mol. The summed E-state index contributed by atoms with van der Waals surface area (Å²) in [5, 5.41) is 9.55. The van der Waals surface area contributed by atoms with Crippen molar-refractivity contribution in [3.63, 3.8) is 0 Å². The highest BCUT2D eigenvalue weighted by Gasteiger charge is 2.23. The normalized spacial score (nSPS) is 11.8. The number of hydrogen-bond acceptors (Lipinski definition) is 3. The van der Waals surface area contributed by atoms with Crippen LogP contribution in [-0.2, 0) is 0 Å². The van der Waals surface area contributed by atoms with Crippen molar-refractivity contribution in [3.05, 3.63) is 176 Å². The minimum atomic E-state index is 0.586. The molecule has 0 aliphatic rings. The standard InChI is InChI=1S/C47H29N5/c1-4-16-30(17-5-1)45-48-46(31-18-6-2-7-19-31)50-47(49-45)52-41-27-15-13-25-36(41)43-39-29-42-38(28-37(39)33-22-10-11-24-35(33)44(43)52)34-23-12-14-26-40(34)51(42)32-20-8-3-9-21-32/h1-29H. The third kappa shape index (κ3) is 4.20. The van der Waals surface area contributed by atoms with E-state index >= 15 is 0 Å². The SMILES string of the molecule is c1ccc(-c2nc(-c3ccccc3)nc(-n3c4ccccc4c4c5cc6c(cc5c5ccccc5c43)c3ccccc3n6-c3ccccc3)n2)cc1. The zero-order chi connectivity index (χ0) is 34.2. The monoisotopic (exact) mass is 663 g/mol. The molecule has 242 valence electrons. The Kier molecular flexibility index (Phi) is 6.18. The van der Waals surface area contributed by atoms with Crippen molar-refractivity contribution in [2.45, 2.75) is 0 Å². The Morgan fingerprint density at radius 1 is 0.327 bits per heavy atom. The highest BCUT2D eigenvalue weighted by molar-refractivity contribution is 6.34. The molecule has 0 bridgehead atoms. The Morgan fingerprint density at radius 3 is 1.50 bits per heavy atom. The Labute approximate surface area is 298 Å². The van der Waals surface area contributed by atoms with E-state index in [1.807, 2.05) is 36.4 Å². The molecule has 0 fully saturated rings. The number of aromatic nitrogens is 5. The minimum Gasteiger partial charge on any atom is -0.309 e. The van der Waals surface area contributed by atoms with Gasteiger partial charge in [-0.1, -0.05) is 140 Å². The maximum atomic E-state index is 5.23. The van der Waals surface area contributed by atoms with Gasteiger partial charge in [0.1, 0.15) is 0 Å². The van der Waals surface area contributed by atoms with Gasteiger partial charge in [0.25, 0.3) is 0 Å². The fourth-order valence-corrected chi connectivity index (χ4v) is 8.10. The van der Waals surface area contributed by atoms with Crippen LogP contribution in [0.3, 0.4) is 0 Å². The Bertz CT molecular complexity index is 3100. The van der Waals surface area contributed by atoms with E-state index in [4.69, 9.17) is 15.0 Å². The zero-order valence-electron chi connectivity index (χ0n) is 28.0. The van der Waals surface area contributed by atoms with E-state index in [9.17, 15) is 0 Å². The van der Waals surface area contributed by atoms with Crippen molar-refractivity contribution in [1.82, 2.24) is 24.1 Å². The summed E-state index contributed by atoms with van der Waals surface area (Å²) in [5.74, 6) is 1.85. The van der Waals surface area contributed by atoms with E-state index in [1.54, 1.807) is 0 Å². The van der Waals surface area contributed by atoms with E-state index in [0.717, 1.165) is 38.6 Å². The largest absolute Gasteiger partial charge is 0.309 e. The van der Waals surface area contributed by atoms with Gasteiger partial charge in [0.15, 0.2) is 11.6 Å². The van der Waals surface area contributed by atoms with Crippen molar-refractivity contribution in [3.8, 4) is 34.4 Å². The number of hydrogen-bond donors (Lipinski definition) is 0. The molecule has 52 heavy (non-hydrogen) atoms. The summed E-state index contributed by atoms with van der Waals surface area (Å²) in [7, 11) is 0. The molecule has 0 amide bonds. The van der Waals surface area contributed by atoms with E-state index in [2.05, 4.69) is 149 Å². The lowest BCUT2D eigenvalue weighted by Crippen LogP contribution is -2.06. The van der Waals surface area contributed by atoms with Crippen LogP contribution in [-0.4, -0.2) is 24.1 Å². The molecule has 0 N–H and O–H groups in total. The van der Waals surface area contributed by atoms with Gasteiger partial charge in [-0.25, -0.2) is 4.98 Å². The van der Waals surface area contributed by atoms with Crippen molar-refractivity contribution >= 4 is 65.2 Å². The van der Waals surface area contributed by atoms with Crippen LogP contribution in [0, 0.1) is 0 Å². The topological polar surface area (TPSA) is 48.5 Å². The molecule has 0 aliphatic heterocycles. The van der Waals surface area contributed by atoms with E-state index < -0.39 is 0 Å². The number of para-hydroxylation sites is 3. The molecule has 5 heteroatoms. The van der Waals surface area contributed by atoms with Crippen LogP contribution >= 0.6 is 0 Å². The molecule has 0 aliphatic carbocycles. The van der Waals surface area contributed by atoms with Gasteiger partial charge in [0.2, 0.25) is 5.95 Å². The fourth-order valence-electron chi connectivity index (χ4n) is 8.10. The van der Waals surface area contributed by atoms with Crippen LogP contribution in [0.4, 0.5) is 0 Å². The van der Waals surface area contributed by atoms with E-state index in [-0.39, 0.29) is 0 Å². The second-order valence-electron chi connectivity index (χ2n) is 13.2. The second kappa shape index (κ2) is 11.2. The summed E-state index contributed by atoms with van der Waals surface area (Å²) in [4.78, 5) is 15.5. The second-order valence-corrected chi connectivity index (χ2v) is 13.2. The highest BCUT2D eigenvalue weighted by atomic mass is 15.2. The molecule has 0 saturated heterocycles. The van der Waals surface area contributed by atoms with Crippen molar-refractivity contribution in [2.75, 3.05) is 0 Å². The van der Waals surface area contributed by atoms with E-state index in [1.165, 1.54) is 43.4 Å². The third-order valence-electron chi connectivity index (χ3n) is 10.3. The minimum absolute atomic E-state index is 0.586. The van der Waals surface area contributed by atoms with Crippen LogP contribution in [0.2, 0.25) is 0 Å². The van der Waals surface area contributed by atoms with Crippen LogP contribution in [0.5, 0.6) is 0 Å². The summed E-state index contributed by atoms with van der Waals surface area (Å²) < 4.78 is 4.65. The lowest BCUT2D eigenvalue weighted by molar-refractivity contribution is 0.955. The zero-order valence-corrected chi connectivity index (χ0v) is 28.0. The van der Waals surface area contributed by atoms with Crippen LogP contribution in [0.1, 0.15) is 0 Å². The lowest BCUT2D eigenvalue weighted by atomic mass is 9.95. The third-order valence-corrected chi connectivity index (χ3v) is 10.3. The van der Waals surface area contributed by atoms with Gasteiger partial charge < -0.3 is 4.57 Å². The predicted molar refractivity (Wildman–Crippen MR) is 214 cm³/mol. The maximum absolute atomic E-state index is 5.23. The molecule has 3 aromatic heterocycles. The van der Waals surface area contributed by atoms with Gasteiger partial charge in [0, 0.05) is 43.7 Å². The average Bonchev–Trinajstić information content (AvgIpc) is 3.74. The van der Waals surface area contributed by atoms with Crippen molar-refractivity contribution in [2.24, 2.45) is 0 Å². The Morgan fingerprint density at radius 2 is 0.846 bits per heavy atom. The van der Waals surface area contributed by atoms with Gasteiger partial charge in [-0.15, -0.1) is 0 Å². The van der Waals surface area contributed by atoms with Crippen LogP contribution in [0.25, 0.3) is 99.6 Å². The van der Waals surface area contributed by atoms with Gasteiger partial charge >= 0.3 is 0 Å². The molecule has 11 rings (SSSR count). The van der Waals surface area contributed by atoms with Gasteiger partial charge in [-0.3, -0.25) is 4.57 Å². The summed E-state index contributed by atoms with van der Waals surface area (Å²) in [6.45, 7) is 0. The summed E-state index contributed by atoms with van der Waals surface area (Å²) in [5.41, 5.74) is 7.50. The molecule has 5 nitrogen and oxygen atoms in total. The molecule has 3 heterocycles. The summed E-state index contributed by atoms with van der Waals surface area (Å²) in [6.07, 6.45) is 0. The van der Waals surface area contributed by atoms with Gasteiger partial charge in [-0.2, -0.15) is 9.97 Å². The first-order valence-electron chi connectivity index (χ1n) is 17.6. The smallest absolute Gasteiger partial charge is 0.238 e. The predicted octanol–water partition coefficient (Wildman–Crippen LogP) is 11.7. The lowest BCUT2D eigenvalue weighted by Gasteiger charge is -2.14. The molecule has 0 saturated carbocycles. The number of benzene rings is 8. The molecular weight excluding hydrogens is 635 g/mol. The first-order chi connectivity index (χ1) is 25.8. The summed E-state index contributed by atoms with van der Waals surface area (Å²) >= 11 is 0. The fraction of sp³-hybridized carbons (Fsp3) is 0. The quantitative estimate of drug-likeness (QED) is 0.176. The van der Waals surface area contributed by atoms with E-state index in [0.29, 0.717) is 17.6 Å². The van der Waals surface area contributed by atoms with Gasteiger partial charge in [-0.05, 0) is 52.6 Å². The number of fused-ring (bicyclic) bond motifs is 11. The van der Waals surface area contributed by atoms with Crippen LogP contribution in [0.15, 0.2) is 176 Å². The first-order valence-corrected chi connectivity index (χ1v) is 17.6. The van der Waals surface area contributed by atoms with Crippen molar-refractivity contribution < 1.29 is 0 Å².